The zero-order valence-corrected chi connectivity index (χ0v) is 8.58. The Kier molecular flexibility index (Phi) is 4.16. The van der Waals surface area contributed by atoms with Crippen LogP contribution in [0.15, 0.2) is 11.1 Å². The van der Waals surface area contributed by atoms with Crippen LogP contribution in [0.2, 0.25) is 0 Å². The molecule has 1 aliphatic heterocycles. The second kappa shape index (κ2) is 5.42. The standard InChI is InChI=1S/C11H15N3/c1-2-3-5-14-6-4-10(9-14)11(7-12)8-13/h2-6,9H2,1H3. The molecule has 0 amide bonds. The Balaban J connectivity index is 2.54. The Morgan fingerprint density at radius 3 is 2.71 bits per heavy atom. The summed E-state index contributed by atoms with van der Waals surface area (Å²) in [5.41, 5.74) is 1.34. The Bertz CT molecular complexity index is 287. The average Bonchev–Trinajstić information content (AvgIpc) is 2.65. The minimum atomic E-state index is 0.323. The van der Waals surface area contributed by atoms with Crippen LogP contribution in [0.4, 0.5) is 0 Å². The lowest BCUT2D eigenvalue weighted by Crippen LogP contribution is -2.20. The van der Waals surface area contributed by atoms with Crippen LogP contribution in [-0.2, 0) is 0 Å². The van der Waals surface area contributed by atoms with Crippen molar-refractivity contribution in [2.45, 2.75) is 26.2 Å². The predicted molar refractivity (Wildman–Crippen MR) is 54.2 cm³/mol. The molecular weight excluding hydrogens is 174 g/mol. The summed E-state index contributed by atoms with van der Waals surface area (Å²) in [6.07, 6.45) is 3.28. The highest BCUT2D eigenvalue weighted by Gasteiger charge is 2.18. The van der Waals surface area contributed by atoms with Crippen LogP contribution in [0.1, 0.15) is 26.2 Å². The van der Waals surface area contributed by atoms with E-state index in [1.54, 1.807) is 0 Å². The largest absolute Gasteiger partial charge is 0.299 e. The Morgan fingerprint density at radius 1 is 1.43 bits per heavy atom. The normalized spacial score (nSPS) is 16.4. The van der Waals surface area contributed by atoms with Gasteiger partial charge in [0.05, 0.1) is 0 Å². The van der Waals surface area contributed by atoms with Crippen molar-refractivity contribution in [1.82, 2.24) is 4.90 Å². The second-order valence-corrected chi connectivity index (χ2v) is 3.58. The van der Waals surface area contributed by atoms with Gasteiger partial charge in [-0.1, -0.05) is 13.3 Å². The number of unbranched alkanes of at least 4 members (excludes halogenated alkanes) is 1. The van der Waals surface area contributed by atoms with Gasteiger partial charge in [0.2, 0.25) is 0 Å². The summed E-state index contributed by atoms with van der Waals surface area (Å²) in [5, 5.41) is 17.4. The van der Waals surface area contributed by atoms with Gasteiger partial charge < -0.3 is 0 Å². The Morgan fingerprint density at radius 2 is 2.14 bits per heavy atom. The van der Waals surface area contributed by atoms with Gasteiger partial charge in [-0.25, -0.2) is 0 Å². The summed E-state index contributed by atoms with van der Waals surface area (Å²) in [7, 11) is 0. The highest BCUT2D eigenvalue weighted by atomic mass is 15.1. The van der Waals surface area contributed by atoms with Gasteiger partial charge in [-0.2, -0.15) is 10.5 Å². The minimum absolute atomic E-state index is 0.323. The number of allylic oxidation sites excluding steroid dienone is 1. The van der Waals surface area contributed by atoms with Crippen LogP contribution < -0.4 is 0 Å². The monoisotopic (exact) mass is 189 g/mol. The van der Waals surface area contributed by atoms with E-state index in [1.807, 2.05) is 12.1 Å². The van der Waals surface area contributed by atoms with Crippen LogP contribution >= 0.6 is 0 Å². The van der Waals surface area contributed by atoms with Crippen molar-refractivity contribution >= 4 is 0 Å². The fourth-order valence-corrected chi connectivity index (χ4v) is 1.68. The lowest BCUT2D eigenvalue weighted by Gasteiger charge is -2.12. The average molecular weight is 189 g/mol. The molecule has 0 aliphatic carbocycles. The first-order valence-electron chi connectivity index (χ1n) is 5.06. The molecule has 3 heteroatoms. The zero-order chi connectivity index (χ0) is 10.4. The van der Waals surface area contributed by atoms with Crippen molar-refractivity contribution in [3.8, 4) is 12.1 Å². The van der Waals surface area contributed by atoms with Gasteiger partial charge in [-0.3, -0.25) is 4.90 Å². The van der Waals surface area contributed by atoms with Gasteiger partial charge in [0.15, 0.2) is 0 Å². The molecule has 0 aromatic carbocycles. The summed E-state index contributed by atoms with van der Waals surface area (Å²) in [6.45, 7) is 5.07. The number of nitrogens with zero attached hydrogens (tertiary/aromatic N) is 3. The van der Waals surface area contributed by atoms with Crippen LogP contribution in [0.25, 0.3) is 0 Å². The van der Waals surface area contributed by atoms with E-state index in [0.29, 0.717) is 5.57 Å². The molecule has 0 unspecified atom stereocenters. The van der Waals surface area contributed by atoms with Crippen LogP contribution in [0.5, 0.6) is 0 Å². The fourth-order valence-electron chi connectivity index (χ4n) is 1.68. The molecule has 0 N–H and O–H groups in total. The second-order valence-electron chi connectivity index (χ2n) is 3.58. The predicted octanol–water partition coefficient (Wildman–Crippen LogP) is 1.84. The van der Waals surface area contributed by atoms with Gasteiger partial charge in [0, 0.05) is 13.1 Å². The van der Waals surface area contributed by atoms with Crippen LogP contribution in [0, 0.1) is 22.7 Å². The molecule has 0 radical (unpaired) electrons. The van der Waals surface area contributed by atoms with Crippen molar-refractivity contribution in [3.05, 3.63) is 11.1 Å². The van der Waals surface area contributed by atoms with Crippen molar-refractivity contribution < 1.29 is 0 Å². The summed E-state index contributed by atoms with van der Waals surface area (Å²) in [4.78, 5) is 2.31. The first-order valence-corrected chi connectivity index (χ1v) is 5.06. The van der Waals surface area contributed by atoms with Crippen molar-refractivity contribution in [2.75, 3.05) is 19.6 Å². The van der Waals surface area contributed by atoms with E-state index in [0.717, 1.165) is 31.6 Å². The number of hydrogen-bond donors (Lipinski definition) is 0. The molecule has 14 heavy (non-hydrogen) atoms. The summed E-state index contributed by atoms with van der Waals surface area (Å²) < 4.78 is 0. The number of rotatable bonds is 3. The number of nitriles is 2. The molecule has 1 saturated heterocycles. The first kappa shape index (κ1) is 10.8. The Labute approximate surface area is 85.2 Å². The zero-order valence-electron chi connectivity index (χ0n) is 8.58. The Hall–Kier alpha value is -1.32. The lowest BCUT2D eigenvalue weighted by atomic mass is 10.1. The van der Waals surface area contributed by atoms with Crippen molar-refractivity contribution in [1.29, 1.82) is 10.5 Å². The molecule has 1 fully saturated rings. The van der Waals surface area contributed by atoms with E-state index >= 15 is 0 Å². The molecule has 1 heterocycles. The van der Waals surface area contributed by atoms with E-state index in [1.165, 1.54) is 12.8 Å². The maximum absolute atomic E-state index is 8.70. The molecule has 0 aromatic heterocycles. The number of likely N-dealkylation sites (tertiary alicyclic amines) is 1. The highest BCUT2D eigenvalue weighted by Crippen LogP contribution is 2.18. The van der Waals surface area contributed by atoms with Gasteiger partial charge in [-0.15, -0.1) is 0 Å². The molecule has 0 spiro atoms. The molecule has 0 saturated carbocycles. The fraction of sp³-hybridized carbons (Fsp3) is 0.636. The molecule has 1 rings (SSSR count). The third-order valence-electron chi connectivity index (χ3n) is 2.55. The highest BCUT2D eigenvalue weighted by molar-refractivity contribution is 5.41. The summed E-state index contributed by atoms with van der Waals surface area (Å²) in [6, 6.07) is 3.92. The van der Waals surface area contributed by atoms with Gasteiger partial charge in [0.25, 0.3) is 0 Å². The third-order valence-corrected chi connectivity index (χ3v) is 2.55. The molecule has 3 nitrogen and oxygen atoms in total. The van der Waals surface area contributed by atoms with Crippen LogP contribution in [0.3, 0.4) is 0 Å². The van der Waals surface area contributed by atoms with E-state index < -0.39 is 0 Å². The molecule has 0 atom stereocenters. The first-order chi connectivity index (χ1) is 6.81. The van der Waals surface area contributed by atoms with Crippen LogP contribution in [-0.4, -0.2) is 24.5 Å². The summed E-state index contributed by atoms with van der Waals surface area (Å²) >= 11 is 0. The smallest absolute Gasteiger partial charge is 0.130 e. The lowest BCUT2D eigenvalue weighted by molar-refractivity contribution is 0.338. The molecule has 1 aliphatic rings. The van der Waals surface area contributed by atoms with E-state index in [9.17, 15) is 0 Å². The number of hydrogen-bond acceptors (Lipinski definition) is 3. The van der Waals surface area contributed by atoms with Gasteiger partial charge in [-0.05, 0) is 25.0 Å². The SMILES string of the molecule is CCCCN1CCC(=C(C#N)C#N)C1. The maximum atomic E-state index is 8.70. The minimum Gasteiger partial charge on any atom is -0.299 e. The van der Waals surface area contributed by atoms with E-state index in [4.69, 9.17) is 10.5 Å². The molecule has 74 valence electrons. The molecule has 0 aromatic rings. The van der Waals surface area contributed by atoms with E-state index in [2.05, 4.69) is 11.8 Å². The van der Waals surface area contributed by atoms with Crippen molar-refractivity contribution in [3.63, 3.8) is 0 Å². The van der Waals surface area contributed by atoms with E-state index in [-0.39, 0.29) is 0 Å². The summed E-state index contributed by atoms with van der Waals surface area (Å²) in [5.74, 6) is 0. The quantitative estimate of drug-likeness (QED) is 0.636. The third kappa shape index (κ3) is 2.58. The molecular formula is C11H15N3. The van der Waals surface area contributed by atoms with Gasteiger partial charge >= 0.3 is 0 Å². The van der Waals surface area contributed by atoms with Crippen molar-refractivity contribution in [2.24, 2.45) is 0 Å². The topological polar surface area (TPSA) is 50.8 Å². The maximum Gasteiger partial charge on any atom is 0.130 e. The molecule has 0 bridgehead atoms. The van der Waals surface area contributed by atoms with Gasteiger partial charge in [0.1, 0.15) is 17.7 Å².